The summed E-state index contributed by atoms with van der Waals surface area (Å²) in [6.07, 6.45) is 4.08. The number of benzene rings is 3. The Hall–Kier alpha value is -1.43. The van der Waals surface area contributed by atoms with E-state index in [1.165, 1.54) is 29.9 Å². The largest absolute Gasteiger partial charge is 0.114 e. The van der Waals surface area contributed by atoms with Gasteiger partial charge in [0.05, 0.1) is 0 Å². The number of rotatable bonds is 4. The predicted molar refractivity (Wildman–Crippen MR) is 112 cm³/mol. The summed E-state index contributed by atoms with van der Waals surface area (Å²) in [6, 6.07) is 31.2. The number of hydrogen-bond acceptors (Lipinski definition) is 0. The summed E-state index contributed by atoms with van der Waals surface area (Å²) >= 11 is 0. The summed E-state index contributed by atoms with van der Waals surface area (Å²) in [5.74, 6) is 0.767. The highest BCUT2D eigenvalue weighted by Gasteiger charge is 2.26. The Morgan fingerprint density at radius 1 is 0.625 bits per heavy atom. The van der Waals surface area contributed by atoms with Gasteiger partial charge in [-0.15, -0.1) is 17.0 Å². The molecule has 0 unspecified atom stereocenters. The van der Waals surface area contributed by atoms with Gasteiger partial charge in [0, 0.05) is 0 Å². The molecule has 0 saturated heterocycles. The lowest BCUT2D eigenvalue weighted by Gasteiger charge is -2.31. The Balaban J connectivity index is 0.00000169. The van der Waals surface area contributed by atoms with Crippen molar-refractivity contribution in [3.05, 3.63) is 90.5 Å². The van der Waals surface area contributed by atoms with Crippen molar-refractivity contribution < 1.29 is 0 Å². The van der Waals surface area contributed by atoms with E-state index in [0.717, 1.165) is 5.92 Å². The summed E-state index contributed by atoms with van der Waals surface area (Å²) in [7, 11) is -0.471. The fourth-order valence-electron chi connectivity index (χ4n) is 3.34. The average molecular weight is 397 g/mol. The SMILES string of the molecule is Br.c1ccc(P(c2ccccc2)c2ccccc2C2CCC2)cc1. The third-order valence-corrected chi connectivity index (χ3v) is 7.27. The Labute approximate surface area is 156 Å². The zero-order valence-corrected chi connectivity index (χ0v) is 16.2. The Bertz CT molecular complexity index is 727. The zero-order chi connectivity index (χ0) is 15.5. The van der Waals surface area contributed by atoms with Crippen LogP contribution in [0.4, 0.5) is 0 Å². The molecule has 0 heterocycles. The number of hydrogen-bond donors (Lipinski definition) is 0. The molecule has 1 aliphatic rings. The Kier molecular flexibility index (Phi) is 5.87. The van der Waals surface area contributed by atoms with Crippen molar-refractivity contribution in [3.8, 4) is 0 Å². The normalized spacial score (nSPS) is 14.0. The first-order valence-corrected chi connectivity index (χ1v) is 9.77. The highest BCUT2D eigenvalue weighted by molar-refractivity contribution is 8.93. The van der Waals surface area contributed by atoms with Gasteiger partial charge in [0.2, 0.25) is 0 Å². The maximum absolute atomic E-state index is 2.36. The molecule has 0 radical (unpaired) electrons. The topological polar surface area (TPSA) is 0 Å². The van der Waals surface area contributed by atoms with Crippen molar-refractivity contribution in [2.24, 2.45) is 0 Å². The van der Waals surface area contributed by atoms with Crippen LogP contribution in [0.1, 0.15) is 30.7 Å². The lowest BCUT2D eigenvalue weighted by atomic mass is 9.80. The van der Waals surface area contributed by atoms with Gasteiger partial charge in [0.25, 0.3) is 0 Å². The molecule has 0 aliphatic heterocycles. The third-order valence-electron chi connectivity index (χ3n) is 4.75. The Morgan fingerprint density at radius 2 is 1.12 bits per heavy atom. The van der Waals surface area contributed by atoms with E-state index in [1.807, 2.05) is 0 Å². The van der Waals surface area contributed by atoms with Crippen molar-refractivity contribution in [2.45, 2.75) is 25.2 Å². The molecule has 2 heteroatoms. The first-order chi connectivity index (χ1) is 11.4. The molecule has 1 aliphatic carbocycles. The van der Waals surface area contributed by atoms with Gasteiger partial charge >= 0.3 is 0 Å². The lowest BCUT2D eigenvalue weighted by molar-refractivity contribution is 0.421. The highest BCUT2D eigenvalue weighted by atomic mass is 79.9. The van der Waals surface area contributed by atoms with Crippen molar-refractivity contribution >= 4 is 40.8 Å². The minimum Gasteiger partial charge on any atom is -0.114 e. The Morgan fingerprint density at radius 3 is 1.62 bits per heavy atom. The van der Waals surface area contributed by atoms with Crippen molar-refractivity contribution in [1.29, 1.82) is 0 Å². The molecular weight excluding hydrogens is 375 g/mol. The summed E-state index contributed by atoms with van der Waals surface area (Å²) in [6.45, 7) is 0. The van der Waals surface area contributed by atoms with Gasteiger partial charge in [-0.1, -0.05) is 91.3 Å². The van der Waals surface area contributed by atoms with Crippen LogP contribution < -0.4 is 15.9 Å². The molecule has 0 bridgehead atoms. The molecule has 0 aromatic heterocycles. The smallest absolute Gasteiger partial charge is 0.0116 e. The summed E-state index contributed by atoms with van der Waals surface area (Å²) in [5, 5.41) is 4.44. The standard InChI is InChI=1S/C22H21P.BrH/c1-3-12-19(13-4-1)23(20-14-5-2-6-15-20)22-17-8-7-16-21(22)18-10-9-11-18;/h1-8,12-18H,9-11H2;1H. The van der Waals surface area contributed by atoms with Crippen LogP contribution in [0.2, 0.25) is 0 Å². The van der Waals surface area contributed by atoms with Crippen LogP contribution in [0.3, 0.4) is 0 Å². The zero-order valence-electron chi connectivity index (χ0n) is 13.6. The molecule has 122 valence electrons. The van der Waals surface area contributed by atoms with Crippen LogP contribution in [-0.4, -0.2) is 0 Å². The van der Waals surface area contributed by atoms with Gasteiger partial charge in [0.15, 0.2) is 0 Å². The minimum absolute atomic E-state index is 0. The van der Waals surface area contributed by atoms with Gasteiger partial charge in [-0.05, 0) is 48.2 Å². The second-order valence-corrected chi connectivity index (χ2v) is 8.38. The molecule has 4 rings (SSSR count). The molecule has 1 saturated carbocycles. The van der Waals surface area contributed by atoms with Gasteiger partial charge in [-0.25, -0.2) is 0 Å². The summed E-state index contributed by atoms with van der Waals surface area (Å²) in [5.41, 5.74) is 1.58. The van der Waals surface area contributed by atoms with Gasteiger partial charge in [0.1, 0.15) is 0 Å². The van der Waals surface area contributed by atoms with Crippen molar-refractivity contribution in [2.75, 3.05) is 0 Å². The number of halogens is 1. The van der Waals surface area contributed by atoms with E-state index in [4.69, 9.17) is 0 Å². The van der Waals surface area contributed by atoms with E-state index >= 15 is 0 Å². The summed E-state index contributed by atoms with van der Waals surface area (Å²) in [4.78, 5) is 0. The van der Waals surface area contributed by atoms with E-state index in [-0.39, 0.29) is 17.0 Å². The average Bonchev–Trinajstić information content (AvgIpc) is 2.57. The van der Waals surface area contributed by atoms with E-state index < -0.39 is 7.92 Å². The first-order valence-electron chi connectivity index (χ1n) is 8.42. The predicted octanol–water partition coefficient (Wildman–Crippen LogP) is 5.29. The van der Waals surface area contributed by atoms with Gasteiger partial charge in [-0.3, -0.25) is 0 Å². The van der Waals surface area contributed by atoms with Crippen LogP contribution in [0.15, 0.2) is 84.9 Å². The van der Waals surface area contributed by atoms with E-state index in [1.54, 1.807) is 10.9 Å². The minimum atomic E-state index is -0.471. The van der Waals surface area contributed by atoms with Crippen molar-refractivity contribution in [3.63, 3.8) is 0 Å². The fourth-order valence-corrected chi connectivity index (χ4v) is 5.88. The van der Waals surface area contributed by atoms with Crippen molar-refractivity contribution in [1.82, 2.24) is 0 Å². The molecular formula is C22H22BrP. The molecule has 3 aromatic rings. The van der Waals surface area contributed by atoms with Gasteiger partial charge < -0.3 is 0 Å². The van der Waals surface area contributed by atoms with E-state index in [0.29, 0.717) is 0 Å². The quantitative estimate of drug-likeness (QED) is 0.525. The second-order valence-electron chi connectivity index (χ2n) is 6.19. The first kappa shape index (κ1) is 17.4. The monoisotopic (exact) mass is 396 g/mol. The maximum Gasteiger partial charge on any atom is -0.0116 e. The molecule has 24 heavy (non-hydrogen) atoms. The highest BCUT2D eigenvalue weighted by Crippen LogP contribution is 2.41. The molecule has 0 spiro atoms. The van der Waals surface area contributed by atoms with Crippen LogP contribution in [0.5, 0.6) is 0 Å². The second kappa shape index (κ2) is 8.10. The van der Waals surface area contributed by atoms with Crippen LogP contribution >= 0.6 is 24.9 Å². The van der Waals surface area contributed by atoms with Crippen LogP contribution in [-0.2, 0) is 0 Å². The van der Waals surface area contributed by atoms with Crippen LogP contribution in [0, 0.1) is 0 Å². The molecule has 1 fully saturated rings. The molecule has 0 nitrogen and oxygen atoms in total. The molecule has 0 atom stereocenters. The maximum atomic E-state index is 2.36. The molecule has 0 amide bonds. The molecule has 0 N–H and O–H groups in total. The third kappa shape index (κ3) is 3.48. The van der Waals surface area contributed by atoms with Gasteiger partial charge in [-0.2, -0.15) is 0 Å². The lowest BCUT2D eigenvalue weighted by Crippen LogP contribution is -2.26. The fraction of sp³-hybridized carbons (Fsp3) is 0.182. The van der Waals surface area contributed by atoms with E-state index in [2.05, 4.69) is 84.9 Å². The summed E-state index contributed by atoms with van der Waals surface area (Å²) < 4.78 is 0. The van der Waals surface area contributed by atoms with E-state index in [9.17, 15) is 0 Å². The van der Waals surface area contributed by atoms with Crippen LogP contribution in [0.25, 0.3) is 0 Å². The molecule has 3 aromatic carbocycles.